The summed E-state index contributed by atoms with van der Waals surface area (Å²) in [4.78, 5) is 22.6. The van der Waals surface area contributed by atoms with Gasteiger partial charge in [-0.3, -0.25) is 0 Å². The van der Waals surface area contributed by atoms with Crippen LogP contribution in [0.15, 0.2) is 16.6 Å². The summed E-state index contributed by atoms with van der Waals surface area (Å²) in [5.41, 5.74) is -0.373. The van der Waals surface area contributed by atoms with Crippen molar-refractivity contribution in [2.24, 2.45) is 0 Å². The van der Waals surface area contributed by atoms with Gasteiger partial charge in [-0.15, -0.1) is 0 Å². The predicted octanol–water partition coefficient (Wildman–Crippen LogP) is 3.06. The number of carboxylic acid groups (broad SMARTS) is 1. The van der Waals surface area contributed by atoms with Crippen molar-refractivity contribution in [1.29, 1.82) is 0 Å². The Kier molecular flexibility index (Phi) is 6.90. The molecule has 0 saturated heterocycles. The summed E-state index contributed by atoms with van der Waals surface area (Å²) >= 11 is 4.25. The Morgan fingerprint density at radius 1 is 1.38 bits per heavy atom. The van der Waals surface area contributed by atoms with Crippen LogP contribution in [0.25, 0.3) is 0 Å². The standard InChI is InChI=1S/C12H13BrF2N2O3S/c1-21-3-2-9(11(18)19)16-12(20)17-10-5-7(14)6(13)4-8(10)15/h4-5,9H,2-3H2,1H3,(H,18,19)(H2,16,17,20). The fourth-order valence-corrected chi connectivity index (χ4v) is 2.21. The molecule has 0 aliphatic heterocycles. The van der Waals surface area contributed by atoms with E-state index in [1.807, 2.05) is 0 Å². The van der Waals surface area contributed by atoms with Crippen molar-refractivity contribution in [1.82, 2.24) is 5.32 Å². The number of carbonyl (C=O) groups is 2. The molecule has 0 aliphatic rings. The third kappa shape index (κ3) is 5.50. The third-order valence-corrected chi connectivity index (χ3v) is 3.72. The number of halogens is 3. The third-order valence-electron chi connectivity index (χ3n) is 2.47. The second-order valence-corrected chi connectivity index (χ2v) is 5.86. The normalized spacial score (nSPS) is 11.8. The first-order chi connectivity index (χ1) is 9.85. The summed E-state index contributed by atoms with van der Waals surface area (Å²) in [5, 5.41) is 13.2. The highest BCUT2D eigenvalue weighted by atomic mass is 79.9. The molecule has 0 aliphatic carbocycles. The van der Waals surface area contributed by atoms with Crippen LogP contribution in [0.2, 0.25) is 0 Å². The molecule has 1 rings (SSSR count). The van der Waals surface area contributed by atoms with E-state index in [4.69, 9.17) is 5.11 Å². The fraction of sp³-hybridized carbons (Fsp3) is 0.333. The maximum absolute atomic E-state index is 13.5. The molecule has 21 heavy (non-hydrogen) atoms. The minimum absolute atomic E-state index is 0.0747. The molecular weight excluding hydrogens is 370 g/mol. The van der Waals surface area contributed by atoms with Gasteiger partial charge in [0.25, 0.3) is 0 Å². The van der Waals surface area contributed by atoms with Gasteiger partial charge in [0.2, 0.25) is 0 Å². The van der Waals surface area contributed by atoms with Crippen LogP contribution in [0.3, 0.4) is 0 Å². The molecule has 0 radical (unpaired) electrons. The Bertz CT molecular complexity index is 545. The van der Waals surface area contributed by atoms with Crippen LogP contribution in [0.4, 0.5) is 19.3 Å². The van der Waals surface area contributed by atoms with Gasteiger partial charge >= 0.3 is 12.0 Å². The fourth-order valence-electron chi connectivity index (χ4n) is 1.43. The number of carbonyl (C=O) groups excluding carboxylic acids is 1. The van der Waals surface area contributed by atoms with Crippen LogP contribution in [-0.2, 0) is 4.79 Å². The molecule has 5 nitrogen and oxygen atoms in total. The zero-order valence-electron chi connectivity index (χ0n) is 11.0. The Balaban J connectivity index is 2.72. The SMILES string of the molecule is CSCCC(NC(=O)Nc1cc(F)c(Br)cc1F)C(=O)O. The number of aliphatic carboxylic acids is 1. The van der Waals surface area contributed by atoms with Gasteiger partial charge in [0.05, 0.1) is 10.2 Å². The van der Waals surface area contributed by atoms with Crippen molar-refractivity contribution in [3.8, 4) is 0 Å². The Labute approximate surface area is 132 Å². The van der Waals surface area contributed by atoms with Gasteiger partial charge in [-0.05, 0) is 40.4 Å². The van der Waals surface area contributed by atoms with Gasteiger partial charge in [-0.1, -0.05) is 0 Å². The first kappa shape index (κ1) is 17.7. The molecule has 116 valence electrons. The highest BCUT2D eigenvalue weighted by Gasteiger charge is 2.20. The predicted molar refractivity (Wildman–Crippen MR) is 80.6 cm³/mol. The molecule has 0 saturated carbocycles. The van der Waals surface area contributed by atoms with Crippen LogP contribution < -0.4 is 10.6 Å². The van der Waals surface area contributed by atoms with Crippen molar-refractivity contribution >= 4 is 45.4 Å². The first-order valence-electron chi connectivity index (χ1n) is 5.79. The second-order valence-electron chi connectivity index (χ2n) is 4.02. The lowest BCUT2D eigenvalue weighted by Crippen LogP contribution is -2.43. The number of nitrogens with one attached hydrogen (secondary N) is 2. The highest BCUT2D eigenvalue weighted by Crippen LogP contribution is 2.23. The molecule has 0 heterocycles. The molecule has 0 spiro atoms. The van der Waals surface area contributed by atoms with E-state index in [9.17, 15) is 18.4 Å². The van der Waals surface area contributed by atoms with E-state index >= 15 is 0 Å². The van der Waals surface area contributed by atoms with Crippen molar-refractivity contribution < 1.29 is 23.5 Å². The number of anilines is 1. The van der Waals surface area contributed by atoms with Gasteiger partial charge in [0.15, 0.2) is 0 Å². The molecular formula is C12H13BrF2N2O3S. The van der Waals surface area contributed by atoms with E-state index in [0.29, 0.717) is 5.75 Å². The van der Waals surface area contributed by atoms with Crippen LogP contribution in [0, 0.1) is 11.6 Å². The number of amides is 2. The van der Waals surface area contributed by atoms with E-state index < -0.39 is 29.7 Å². The van der Waals surface area contributed by atoms with Crippen LogP contribution in [0.1, 0.15) is 6.42 Å². The monoisotopic (exact) mass is 382 g/mol. The first-order valence-corrected chi connectivity index (χ1v) is 7.97. The number of benzene rings is 1. The van der Waals surface area contributed by atoms with E-state index in [0.717, 1.165) is 12.1 Å². The lowest BCUT2D eigenvalue weighted by atomic mass is 10.2. The molecule has 1 aromatic carbocycles. The minimum Gasteiger partial charge on any atom is -0.480 e. The van der Waals surface area contributed by atoms with Crippen molar-refractivity contribution in [3.05, 3.63) is 28.2 Å². The number of hydrogen-bond acceptors (Lipinski definition) is 3. The lowest BCUT2D eigenvalue weighted by molar-refractivity contribution is -0.139. The lowest BCUT2D eigenvalue weighted by Gasteiger charge is -2.15. The maximum atomic E-state index is 13.5. The van der Waals surface area contributed by atoms with Crippen LogP contribution in [-0.4, -0.2) is 35.2 Å². The van der Waals surface area contributed by atoms with Crippen molar-refractivity contribution in [2.75, 3.05) is 17.3 Å². The summed E-state index contributed by atoms with van der Waals surface area (Å²) < 4.78 is 26.7. The summed E-state index contributed by atoms with van der Waals surface area (Å²) in [7, 11) is 0. The number of rotatable bonds is 6. The molecule has 0 fully saturated rings. The Hall–Kier alpha value is -1.35. The van der Waals surface area contributed by atoms with Gasteiger partial charge in [-0.2, -0.15) is 11.8 Å². The Morgan fingerprint density at radius 3 is 2.62 bits per heavy atom. The number of hydrogen-bond donors (Lipinski definition) is 3. The Morgan fingerprint density at radius 2 is 2.05 bits per heavy atom. The molecule has 9 heteroatoms. The van der Waals surface area contributed by atoms with Crippen molar-refractivity contribution in [3.63, 3.8) is 0 Å². The molecule has 3 N–H and O–H groups in total. The highest BCUT2D eigenvalue weighted by molar-refractivity contribution is 9.10. The molecule has 2 amide bonds. The largest absolute Gasteiger partial charge is 0.480 e. The van der Waals surface area contributed by atoms with E-state index in [-0.39, 0.29) is 16.6 Å². The smallest absolute Gasteiger partial charge is 0.326 e. The average Bonchev–Trinajstić information content (AvgIpc) is 2.40. The molecule has 1 aromatic rings. The topological polar surface area (TPSA) is 78.4 Å². The van der Waals surface area contributed by atoms with Gasteiger partial charge in [-0.25, -0.2) is 18.4 Å². The van der Waals surface area contributed by atoms with E-state index in [2.05, 4.69) is 26.6 Å². The second kappa shape index (κ2) is 8.18. The molecule has 0 aromatic heterocycles. The zero-order chi connectivity index (χ0) is 16.0. The van der Waals surface area contributed by atoms with Crippen LogP contribution >= 0.6 is 27.7 Å². The summed E-state index contributed by atoms with van der Waals surface area (Å²) in [6, 6.07) is -0.339. The van der Waals surface area contributed by atoms with E-state index in [1.54, 1.807) is 6.26 Å². The summed E-state index contributed by atoms with van der Waals surface area (Å²) in [6.07, 6.45) is 2.03. The van der Waals surface area contributed by atoms with Crippen molar-refractivity contribution in [2.45, 2.75) is 12.5 Å². The molecule has 1 unspecified atom stereocenters. The van der Waals surface area contributed by atoms with Gasteiger partial charge in [0.1, 0.15) is 17.7 Å². The number of urea groups is 1. The maximum Gasteiger partial charge on any atom is 0.326 e. The summed E-state index contributed by atoms with van der Waals surface area (Å²) in [6.45, 7) is 0. The zero-order valence-corrected chi connectivity index (χ0v) is 13.4. The average molecular weight is 383 g/mol. The quantitative estimate of drug-likeness (QED) is 0.660. The molecule has 1 atom stereocenters. The van der Waals surface area contributed by atoms with Crippen LogP contribution in [0.5, 0.6) is 0 Å². The molecule has 0 bridgehead atoms. The number of carboxylic acids is 1. The van der Waals surface area contributed by atoms with E-state index in [1.165, 1.54) is 11.8 Å². The minimum atomic E-state index is -1.19. The number of thioether (sulfide) groups is 1. The summed E-state index contributed by atoms with van der Waals surface area (Å²) in [5.74, 6) is -2.24. The van der Waals surface area contributed by atoms with Gasteiger partial charge < -0.3 is 15.7 Å². The van der Waals surface area contributed by atoms with Gasteiger partial charge in [0, 0.05) is 6.07 Å².